The first-order valence-electron chi connectivity index (χ1n) is 8.65. The third-order valence-electron chi connectivity index (χ3n) is 4.31. The molecule has 150 valence electrons. The van der Waals surface area contributed by atoms with Crippen LogP contribution in [0.25, 0.3) is 11.1 Å². The first-order valence-corrected chi connectivity index (χ1v) is 8.65. The molecule has 0 aromatic heterocycles. The summed E-state index contributed by atoms with van der Waals surface area (Å²) in [5, 5.41) is 0. The molecule has 0 amide bonds. The normalized spacial score (nSPS) is 11.2. The first kappa shape index (κ1) is 20.3. The SMILES string of the molecule is COC(=O)c1cc(-c2ccc(COc3cccc(C(F)(F)F)c3)cc2)ccc1N. The van der Waals surface area contributed by atoms with E-state index in [0.29, 0.717) is 5.69 Å². The van der Waals surface area contributed by atoms with Crippen LogP contribution in [0, 0.1) is 0 Å². The van der Waals surface area contributed by atoms with Gasteiger partial charge in [0.05, 0.1) is 18.2 Å². The number of anilines is 1. The van der Waals surface area contributed by atoms with Crippen LogP contribution in [-0.2, 0) is 17.5 Å². The number of nitrogen functional groups attached to an aromatic ring is 1. The number of halogens is 3. The molecule has 0 bridgehead atoms. The van der Waals surface area contributed by atoms with E-state index in [-0.39, 0.29) is 17.9 Å². The molecule has 3 rings (SSSR count). The van der Waals surface area contributed by atoms with Crippen molar-refractivity contribution in [2.24, 2.45) is 0 Å². The van der Waals surface area contributed by atoms with Crippen LogP contribution in [0.4, 0.5) is 18.9 Å². The summed E-state index contributed by atoms with van der Waals surface area (Å²) in [7, 11) is 1.29. The second kappa shape index (κ2) is 8.26. The van der Waals surface area contributed by atoms with E-state index in [9.17, 15) is 18.0 Å². The van der Waals surface area contributed by atoms with Gasteiger partial charge >= 0.3 is 12.1 Å². The van der Waals surface area contributed by atoms with Crippen LogP contribution < -0.4 is 10.5 Å². The quantitative estimate of drug-likeness (QED) is 0.464. The first-order chi connectivity index (χ1) is 13.8. The van der Waals surface area contributed by atoms with Gasteiger partial charge in [0.15, 0.2) is 0 Å². The summed E-state index contributed by atoms with van der Waals surface area (Å²) in [6, 6.07) is 17.1. The molecule has 0 heterocycles. The predicted molar refractivity (Wildman–Crippen MR) is 103 cm³/mol. The number of hydrogen-bond donors (Lipinski definition) is 1. The van der Waals surface area contributed by atoms with Gasteiger partial charge in [-0.1, -0.05) is 36.4 Å². The van der Waals surface area contributed by atoms with Crippen molar-refractivity contribution in [3.63, 3.8) is 0 Å². The van der Waals surface area contributed by atoms with Gasteiger partial charge in [0.1, 0.15) is 12.4 Å². The van der Waals surface area contributed by atoms with Crippen LogP contribution in [0.15, 0.2) is 66.7 Å². The van der Waals surface area contributed by atoms with E-state index in [1.165, 1.54) is 19.2 Å². The van der Waals surface area contributed by atoms with Gasteiger partial charge in [0.25, 0.3) is 0 Å². The molecule has 0 atom stereocenters. The maximum absolute atomic E-state index is 12.8. The average Bonchev–Trinajstić information content (AvgIpc) is 2.72. The van der Waals surface area contributed by atoms with Gasteiger partial charge < -0.3 is 15.2 Å². The van der Waals surface area contributed by atoms with Crippen LogP contribution in [0.2, 0.25) is 0 Å². The van der Waals surface area contributed by atoms with Crippen molar-refractivity contribution in [1.29, 1.82) is 0 Å². The Bertz CT molecular complexity index is 1010. The Labute approximate surface area is 165 Å². The number of alkyl halides is 3. The van der Waals surface area contributed by atoms with Gasteiger partial charge in [-0.25, -0.2) is 4.79 Å². The minimum absolute atomic E-state index is 0.122. The molecule has 29 heavy (non-hydrogen) atoms. The number of carbonyl (C=O) groups excluding carboxylic acids is 1. The lowest BCUT2D eigenvalue weighted by atomic mass is 10.0. The van der Waals surface area contributed by atoms with E-state index in [4.69, 9.17) is 15.2 Å². The maximum Gasteiger partial charge on any atom is 0.416 e. The lowest BCUT2D eigenvalue weighted by Gasteiger charge is -2.11. The minimum Gasteiger partial charge on any atom is -0.489 e. The number of benzene rings is 3. The predicted octanol–water partition coefficient (Wildman–Crippen LogP) is 5.32. The Morgan fingerprint density at radius 1 is 0.966 bits per heavy atom. The highest BCUT2D eigenvalue weighted by molar-refractivity contribution is 5.96. The van der Waals surface area contributed by atoms with Crippen molar-refractivity contribution < 1.29 is 27.4 Å². The fourth-order valence-electron chi connectivity index (χ4n) is 2.74. The molecule has 0 aliphatic carbocycles. The Kier molecular flexibility index (Phi) is 5.77. The molecule has 2 N–H and O–H groups in total. The number of methoxy groups -OCH3 is 1. The highest BCUT2D eigenvalue weighted by Gasteiger charge is 2.30. The standard InChI is InChI=1S/C22H18F3NO3/c1-28-21(27)19-11-16(9-10-20(19)26)15-7-5-14(6-8-15)13-29-18-4-2-3-17(12-18)22(23,24)25/h2-12H,13,26H2,1H3. The van der Waals surface area contributed by atoms with Gasteiger partial charge in [-0.3, -0.25) is 0 Å². The Morgan fingerprint density at radius 3 is 2.31 bits per heavy atom. The van der Waals surface area contributed by atoms with Crippen LogP contribution >= 0.6 is 0 Å². The van der Waals surface area contributed by atoms with E-state index < -0.39 is 17.7 Å². The fourth-order valence-corrected chi connectivity index (χ4v) is 2.74. The highest BCUT2D eigenvalue weighted by Crippen LogP contribution is 2.31. The topological polar surface area (TPSA) is 61.5 Å². The number of ether oxygens (including phenoxy) is 2. The molecule has 0 spiro atoms. The molecule has 7 heteroatoms. The second-order valence-corrected chi connectivity index (χ2v) is 6.30. The third-order valence-corrected chi connectivity index (χ3v) is 4.31. The van der Waals surface area contributed by atoms with E-state index in [1.54, 1.807) is 30.3 Å². The summed E-state index contributed by atoms with van der Waals surface area (Å²) >= 11 is 0. The number of carbonyl (C=O) groups is 1. The van der Waals surface area contributed by atoms with Crippen molar-refractivity contribution in [2.75, 3.05) is 12.8 Å². The zero-order valence-corrected chi connectivity index (χ0v) is 15.5. The number of nitrogens with two attached hydrogens (primary N) is 1. The minimum atomic E-state index is -4.41. The van der Waals surface area contributed by atoms with Gasteiger partial charge in [0, 0.05) is 5.69 Å². The molecular weight excluding hydrogens is 383 g/mol. The van der Waals surface area contributed by atoms with Crippen LogP contribution in [0.3, 0.4) is 0 Å². The highest BCUT2D eigenvalue weighted by atomic mass is 19.4. The van der Waals surface area contributed by atoms with Gasteiger partial charge in [0.2, 0.25) is 0 Å². The Hall–Kier alpha value is -3.48. The molecule has 3 aromatic carbocycles. The summed E-state index contributed by atoms with van der Waals surface area (Å²) in [4.78, 5) is 11.8. The smallest absolute Gasteiger partial charge is 0.416 e. The third kappa shape index (κ3) is 4.87. The van der Waals surface area contributed by atoms with E-state index in [0.717, 1.165) is 28.8 Å². The van der Waals surface area contributed by atoms with Crippen molar-refractivity contribution in [3.05, 3.63) is 83.4 Å². The van der Waals surface area contributed by atoms with Crippen molar-refractivity contribution in [3.8, 4) is 16.9 Å². The number of rotatable bonds is 5. The summed E-state index contributed by atoms with van der Waals surface area (Å²) in [5.74, 6) is -0.374. The van der Waals surface area contributed by atoms with Crippen molar-refractivity contribution in [1.82, 2.24) is 0 Å². The molecular formula is C22H18F3NO3. The molecule has 0 unspecified atom stereocenters. The zero-order valence-electron chi connectivity index (χ0n) is 15.5. The van der Waals surface area contributed by atoms with E-state index in [2.05, 4.69) is 0 Å². The van der Waals surface area contributed by atoms with Crippen LogP contribution in [0.1, 0.15) is 21.5 Å². The molecule has 4 nitrogen and oxygen atoms in total. The lowest BCUT2D eigenvalue weighted by molar-refractivity contribution is -0.137. The molecule has 0 saturated carbocycles. The second-order valence-electron chi connectivity index (χ2n) is 6.30. The monoisotopic (exact) mass is 401 g/mol. The van der Waals surface area contributed by atoms with Crippen LogP contribution in [-0.4, -0.2) is 13.1 Å². The van der Waals surface area contributed by atoms with Gasteiger partial charge in [-0.05, 0) is 47.0 Å². The number of esters is 1. The molecule has 0 saturated heterocycles. The molecule has 3 aromatic rings. The lowest BCUT2D eigenvalue weighted by Crippen LogP contribution is -2.05. The van der Waals surface area contributed by atoms with Gasteiger partial charge in [-0.2, -0.15) is 13.2 Å². The van der Waals surface area contributed by atoms with E-state index >= 15 is 0 Å². The molecule has 0 fully saturated rings. The molecule has 0 aliphatic heterocycles. The fraction of sp³-hybridized carbons (Fsp3) is 0.136. The van der Waals surface area contributed by atoms with Crippen LogP contribution in [0.5, 0.6) is 5.75 Å². The van der Waals surface area contributed by atoms with Crippen molar-refractivity contribution >= 4 is 11.7 Å². The Morgan fingerprint density at radius 2 is 1.66 bits per heavy atom. The summed E-state index contributed by atoms with van der Waals surface area (Å²) in [6.07, 6.45) is -4.41. The summed E-state index contributed by atoms with van der Waals surface area (Å²) < 4.78 is 48.5. The number of hydrogen-bond acceptors (Lipinski definition) is 4. The Balaban J connectivity index is 1.72. The molecule has 0 aliphatic rings. The summed E-state index contributed by atoms with van der Waals surface area (Å²) in [5.41, 5.74) is 8.08. The van der Waals surface area contributed by atoms with Gasteiger partial charge in [-0.15, -0.1) is 0 Å². The largest absolute Gasteiger partial charge is 0.489 e. The average molecular weight is 401 g/mol. The maximum atomic E-state index is 12.8. The molecule has 0 radical (unpaired) electrons. The zero-order chi connectivity index (χ0) is 21.0. The van der Waals surface area contributed by atoms with Crippen molar-refractivity contribution in [2.45, 2.75) is 12.8 Å². The van der Waals surface area contributed by atoms with E-state index in [1.807, 2.05) is 12.1 Å². The summed E-state index contributed by atoms with van der Waals surface area (Å²) in [6.45, 7) is 0.122.